The van der Waals surface area contributed by atoms with Gasteiger partial charge in [-0.2, -0.15) is 0 Å². The van der Waals surface area contributed by atoms with Crippen molar-refractivity contribution in [2.75, 3.05) is 5.32 Å². The third-order valence-electron chi connectivity index (χ3n) is 4.54. The second kappa shape index (κ2) is 10.4. The molecule has 6 heteroatoms. The molecule has 0 aliphatic carbocycles. The summed E-state index contributed by atoms with van der Waals surface area (Å²) in [6, 6.07) is 15.2. The van der Waals surface area contributed by atoms with E-state index in [0.717, 1.165) is 12.0 Å². The van der Waals surface area contributed by atoms with Gasteiger partial charge in [0.05, 0.1) is 0 Å². The summed E-state index contributed by atoms with van der Waals surface area (Å²) < 4.78 is 5.32. The number of amides is 2. The first kappa shape index (κ1) is 22.1. The number of benzene rings is 2. The summed E-state index contributed by atoms with van der Waals surface area (Å²) >= 11 is 0. The van der Waals surface area contributed by atoms with Crippen molar-refractivity contribution in [3.05, 3.63) is 65.7 Å². The summed E-state index contributed by atoms with van der Waals surface area (Å²) in [6.45, 7) is 7.16. The molecule has 2 aromatic rings. The van der Waals surface area contributed by atoms with Crippen LogP contribution in [-0.4, -0.2) is 29.9 Å². The molecule has 2 rings (SSSR count). The molecule has 2 atom stereocenters. The van der Waals surface area contributed by atoms with Gasteiger partial charge in [0.15, 0.2) is 6.10 Å². The Kier molecular flexibility index (Phi) is 7.95. The lowest BCUT2D eigenvalue weighted by Crippen LogP contribution is -2.47. The van der Waals surface area contributed by atoms with Gasteiger partial charge in [0.1, 0.15) is 6.04 Å². The normalized spacial score (nSPS) is 12.7. The average molecular weight is 396 g/mol. The Bertz CT molecular complexity index is 832. The fraction of sp³-hybridized carbons (Fsp3) is 0.348. The minimum absolute atomic E-state index is 0.202. The molecule has 6 nitrogen and oxygen atoms in total. The summed E-state index contributed by atoms with van der Waals surface area (Å²) in [5, 5.41) is 5.42. The van der Waals surface area contributed by atoms with Crippen molar-refractivity contribution >= 4 is 23.5 Å². The molecule has 0 unspecified atom stereocenters. The lowest BCUT2D eigenvalue weighted by atomic mass is 10.0. The molecule has 0 saturated heterocycles. The zero-order valence-electron chi connectivity index (χ0n) is 17.3. The number of carbonyl (C=O) groups excluding carboxylic acids is 3. The van der Waals surface area contributed by atoms with Crippen molar-refractivity contribution in [2.45, 2.75) is 46.3 Å². The third kappa shape index (κ3) is 6.45. The van der Waals surface area contributed by atoms with E-state index >= 15 is 0 Å². The average Bonchev–Trinajstić information content (AvgIpc) is 2.72. The molecule has 0 aliphatic rings. The molecule has 0 bridgehead atoms. The van der Waals surface area contributed by atoms with Crippen LogP contribution >= 0.6 is 0 Å². The summed E-state index contributed by atoms with van der Waals surface area (Å²) in [5.41, 5.74) is 2.25. The van der Waals surface area contributed by atoms with E-state index in [2.05, 4.69) is 17.6 Å². The number of rotatable bonds is 8. The van der Waals surface area contributed by atoms with Crippen LogP contribution in [0.3, 0.4) is 0 Å². The highest BCUT2D eigenvalue weighted by Crippen LogP contribution is 2.12. The van der Waals surface area contributed by atoms with Crippen molar-refractivity contribution in [1.29, 1.82) is 0 Å². The van der Waals surface area contributed by atoms with Gasteiger partial charge in [-0.25, -0.2) is 4.79 Å². The SMILES string of the molecule is CCc1ccc(NC(=O)[C@H](C)OC(=O)[C@@H](NC(=O)c2ccccc2)C(C)C)cc1. The largest absolute Gasteiger partial charge is 0.451 e. The van der Waals surface area contributed by atoms with Gasteiger partial charge >= 0.3 is 5.97 Å². The van der Waals surface area contributed by atoms with Gasteiger partial charge in [0, 0.05) is 11.3 Å². The lowest BCUT2D eigenvalue weighted by Gasteiger charge is -2.23. The summed E-state index contributed by atoms with van der Waals surface area (Å²) in [6.07, 6.45) is -0.0868. The van der Waals surface area contributed by atoms with E-state index in [4.69, 9.17) is 4.74 Å². The van der Waals surface area contributed by atoms with Crippen LogP contribution in [0, 0.1) is 5.92 Å². The second-order valence-electron chi connectivity index (χ2n) is 7.18. The molecule has 154 valence electrons. The maximum absolute atomic E-state index is 12.6. The Balaban J connectivity index is 1.96. The van der Waals surface area contributed by atoms with E-state index in [9.17, 15) is 14.4 Å². The first-order valence-corrected chi connectivity index (χ1v) is 9.78. The van der Waals surface area contributed by atoms with Crippen LogP contribution in [0.1, 0.15) is 43.6 Å². The maximum Gasteiger partial charge on any atom is 0.329 e. The molecule has 0 saturated carbocycles. The predicted molar refractivity (Wildman–Crippen MR) is 113 cm³/mol. The molecule has 2 aromatic carbocycles. The van der Waals surface area contributed by atoms with Crippen molar-refractivity contribution in [3.8, 4) is 0 Å². The molecule has 0 aromatic heterocycles. The van der Waals surface area contributed by atoms with Gasteiger partial charge < -0.3 is 15.4 Å². The van der Waals surface area contributed by atoms with Crippen molar-refractivity contribution in [1.82, 2.24) is 5.32 Å². The van der Waals surface area contributed by atoms with Gasteiger partial charge in [-0.3, -0.25) is 9.59 Å². The van der Waals surface area contributed by atoms with Crippen LogP contribution in [0.5, 0.6) is 0 Å². The van der Waals surface area contributed by atoms with Gasteiger partial charge in [0.2, 0.25) is 0 Å². The van der Waals surface area contributed by atoms with Crippen LogP contribution in [0.4, 0.5) is 5.69 Å². The van der Waals surface area contributed by atoms with Crippen LogP contribution in [-0.2, 0) is 20.7 Å². The molecule has 0 fully saturated rings. The molecule has 0 spiro atoms. The maximum atomic E-state index is 12.6. The highest BCUT2D eigenvalue weighted by molar-refractivity contribution is 5.98. The minimum Gasteiger partial charge on any atom is -0.451 e. The zero-order valence-corrected chi connectivity index (χ0v) is 17.3. The van der Waals surface area contributed by atoms with Crippen LogP contribution < -0.4 is 10.6 Å². The predicted octanol–water partition coefficient (Wildman–Crippen LogP) is 3.57. The molecule has 2 N–H and O–H groups in total. The van der Waals surface area contributed by atoms with Gasteiger partial charge in [-0.05, 0) is 49.1 Å². The first-order valence-electron chi connectivity index (χ1n) is 9.78. The molecule has 29 heavy (non-hydrogen) atoms. The molecular formula is C23H28N2O4. The zero-order chi connectivity index (χ0) is 21.4. The number of carbonyl (C=O) groups is 3. The standard InChI is InChI=1S/C23H28N2O4/c1-5-17-11-13-19(14-12-17)24-21(26)16(4)29-23(28)20(15(2)3)25-22(27)18-9-7-6-8-10-18/h6-16,20H,5H2,1-4H3,(H,24,26)(H,25,27)/t16-,20-/m0/s1. The highest BCUT2D eigenvalue weighted by Gasteiger charge is 2.29. The summed E-state index contributed by atoms with van der Waals surface area (Å²) in [5.74, 6) is -1.64. The lowest BCUT2D eigenvalue weighted by molar-refractivity contribution is -0.156. The molecule has 2 amide bonds. The fourth-order valence-electron chi connectivity index (χ4n) is 2.68. The monoisotopic (exact) mass is 396 g/mol. The van der Waals surface area contributed by atoms with E-state index < -0.39 is 24.0 Å². The van der Waals surface area contributed by atoms with E-state index in [1.807, 2.05) is 24.3 Å². The van der Waals surface area contributed by atoms with Crippen molar-refractivity contribution in [2.24, 2.45) is 5.92 Å². The second-order valence-corrected chi connectivity index (χ2v) is 7.18. The fourth-order valence-corrected chi connectivity index (χ4v) is 2.68. The topological polar surface area (TPSA) is 84.5 Å². The molecular weight excluding hydrogens is 368 g/mol. The van der Waals surface area contributed by atoms with Crippen LogP contribution in [0.15, 0.2) is 54.6 Å². The Hall–Kier alpha value is -3.15. The summed E-state index contributed by atoms with van der Waals surface area (Å²) in [7, 11) is 0. The van der Waals surface area contributed by atoms with E-state index in [-0.39, 0.29) is 11.8 Å². The Morgan fingerprint density at radius 2 is 1.55 bits per heavy atom. The van der Waals surface area contributed by atoms with E-state index in [0.29, 0.717) is 11.3 Å². The molecule has 0 aliphatic heterocycles. The van der Waals surface area contributed by atoms with E-state index in [1.165, 1.54) is 6.92 Å². The van der Waals surface area contributed by atoms with E-state index in [1.54, 1.807) is 44.2 Å². The Morgan fingerprint density at radius 1 is 0.931 bits per heavy atom. The van der Waals surface area contributed by atoms with Gasteiger partial charge in [-0.15, -0.1) is 0 Å². The Labute approximate surface area is 171 Å². The first-order chi connectivity index (χ1) is 13.8. The van der Waals surface area contributed by atoms with Gasteiger partial charge in [0.25, 0.3) is 11.8 Å². The minimum atomic E-state index is -0.997. The number of anilines is 1. The number of esters is 1. The number of hydrogen-bond acceptors (Lipinski definition) is 4. The van der Waals surface area contributed by atoms with Crippen molar-refractivity contribution < 1.29 is 19.1 Å². The number of hydrogen-bond donors (Lipinski definition) is 2. The number of aryl methyl sites for hydroxylation is 1. The van der Waals surface area contributed by atoms with Crippen LogP contribution in [0.25, 0.3) is 0 Å². The Morgan fingerprint density at radius 3 is 2.10 bits per heavy atom. The number of nitrogens with one attached hydrogen (secondary N) is 2. The quantitative estimate of drug-likeness (QED) is 0.668. The van der Waals surface area contributed by atoms with Crippen molar-refractivity contribution in [3.63, 3.8) is 0 Å². The summed E-state index contributed by atoms with van der Waals surface area (Å²) in [4.78, 5) is 37.3. The molecule has 0 heterocycles. The van der Waals surface area contributed by atoms with Crippen LogP contribution in [0.2, 0.25) is 0 Å². The number of ether oxygens (including phenoxy) is 1. The van der Waals surface area contributed by atoms with Gasteiger partial charge in [-0.1, -0.05) is 51.1 Å². The third-order valence-corrected chi connectivity index (χ3v) is 4.54. The smallest absolute Gasteiger partial charge is 0.329 e. The highest BCUT2D eigenvalue weighted by atomic mass is 16.5. The molecule has 0 radical (unpaired) electrons.